The maximum atomic E-state index is 12.4. The van der Waals surface area contributed by atoms with E-state index in [4.69, 9.17) is 0 Å². The fourth-order valence-corrected chi connectivity index (χ4v) is 3.66. The van der Waals surface area contributed by atoms with Gasteiger partial charge >= 0.3 is 0 Å². The van der Waals surface area contributed by atoms with Crippen molar-refractivity contribution < 1.29 is 9.90 Å². The summed E-state index contributed by atoms with van der Waals surface area (Å²) in [5.74, 6) is 0.0365. The molecule has 0 aromatic heterocycles. The minimum absolute atomic E-state index is 0.0365. The third-order valence-corrected chi connectivity index (χ3v) is 4.77. The zero-order valence-corrected chi connectivity index (χ0v) is 14.7. The summed E-state index contributed by atoms with van der Waals surface area (Å²) in [7, 11) is 0. The van der Waals surface area contributed by atoms with Gasteiger partial charge in [-0.2, -0.15) is 0 Å². The van der Waals surface area contributed by atoms with Gasteiger partial charge in [0.2, 0.25) is 0 Å². The second kappa shape index (κ2) is 8.46. The van der Waals surface area contributed by atoms with Crippen molar-refractivity contribution >= 4 is 5.91 Å². The first-order valence-electron chi connectivity index (χ1n) is 8.74. The van der Waals surface area contributed by atoms with E-state index >= 15 is 0 Å². The van der Waals surface area contributed by atoms with E-state index in [1.54, 1.807) is 0 Å². The van der Waals surface area contributed by atoms with Crippen LogP contribution in [0.1, 0.15) is 52.7 Å². The predicted molar refractivity (Wildman–Crippen MR) is 93.9 cm³/mol. The molecule has 1 aliphatic rings. The maximum absolute atomic E-state index is 12.4. The van der Waals surface area contributed by atoms with Crippen molar-refractivity contribution in [2.45, 2.75) is 52.5 Å². The van der Waals surface area contributed by atoms with Gasteiger partial charge in [-0.3, -0.25) is 9.69 Å². The average molecular weight is 318 g/mol. The van der Waals surface area contributed by atoms with E-state index in [0.717, 1.165) is 49.0 Å². The lowest BCUT2D eigenvalue weighted by Gasteiger charge is -2.22. The summed E-state index contributed by atoms with van der Waals surface area (Å²) in [5, 5.41) is 12.4. The summed E-state index contributed by atoms with van der Waals surface area (Å²) in [5.41, 5.74) is 4.10. The standard InChI is InChI=1S/C19H30N2O2/c1-14-11-15(2)18(16(3)12-14)19(23)20-8-4-5-9-21-10-6-7-17(21)13-22/h11-12,17,22H,4-10,13H2,1-3H3,(H,20,23). The molecule has 1 unspecified atom stereocenters. The Morgan fingerprint density at radius 1 is 1.26 bits per heavy atom. The zero-order valence-electron chi connectivity index (χ0n) is 14.7. The van der Waals surface area contributed by atoms with Crippen molar-refractivity contribution in [3.05, 3.63) is 34.4 Å². The summed E-state index contributed by atoms with van der Waals surface area (Å²) in [4.78, 5) is 14.7. The zero-order chi connectivity index (χ0) is 16.8. The molecule has 0 saturated carbocycles. The first kappa shape index (κ1) is 18.0. The van der Waals surface area contributed by atoms with Gasteiger partial charge in [0.15, 0.2) is 0 Å². The van der Waals surface area contributed by atoms with Crippen molar-refractivity contribution in [2.24, 2.45) is 0 Å². The number of carbonyl (C=O) groups excluding carboxylic acids is 1. The molecule has 128 valence electrons. The fourth-order valence-electron chi connectivity index (χ4n) is 3.66. The number of nitrogens with one attached hydrogen (secondary N) is 1. The Balaban J connectivity index is 1.73. The molecule has 1 aromatic rings. The Labute approximate surface area is 139 Å². The molecular weight excluding hydrogens is 288 g/mol. The molecule has 0 aliphatic carbocycles. The molecule has 1 amide bonds. The highest BCUT2D eigenvalue weighted by molar-refractivity contribution is 5.97. The predicted octanol–water partition coefficient (Wildman–Crippen LogP) is 2.58. The van der Waals surface area contributed by atoms with Crippen molar-refractivity contribution in [3.63, 3.8) is 0 Å². The van der Waals surface area contributed by atoms with Gasteiger partial charge < -0.3 is 10.4 Å². The van der Waals surface area contributed by atoms with Crippen LogP contribution in [0.15, 0.2) is 12.1 Å². The number of benzene rings is 1. The number of hydrogen-bond donors (Lipinski definition) is 2. The molecule has 2 N–H and O–H groups in total. The third kappa shape index (κ3) is 4.79. The van der Waals surface area contributed by atoms with E-state index in [1.165, 1.54) is 12.0 Å². The number of amides is 1. The third-order valence-electron chi connectivity index (χ3n) is 4.77. The lowest BCUT2D eigenvalue weighted by molar-refractivity contribution is 0.0951. The summed E-state index contributed by atoms with van der Waals surface area (Å²) in [6, 6.07) is 4.47. The van der Waals surface area contributed by atoms with Crippen LogP contribution in [0.5, 0.6) is 0 Å². The van der Waals surface area contributed by atoms with E-state index in [2.05, 4.69) is 29.3 Å². The molecule has 0 bridgehead atoms. The highest BCUT2D eigenvalue weighted by Crippen LogP contribution is 2.17. The minimum Gasteiger partial charge on any atom is -0.395 e. The van der Waals surface area contributed by atoms with Gasteiger partial charge in [-0.15, -0.1) is 0 Å². The number of likely N-dealkylation sites (tertiary alicyclic amines) is 1. The van der Waals surface area contributed by atoms with E-state index in [-0.39, 0.29) is 12.5 Å². The van der Waals surface area contributed by atoms with E-state index in [9.17, 15) is 9.90 Å². The highest BCUT2D eigenvalue weighted by atomic mass is 16.3. The van der Waals surface area contributed by atoms with Crippen LogP contribution in [0.2, 0.25) is 0 Å². The highest BCUT2D eigenvalue weighted by Gasteiger charge is 2.22. The Bertz CT molecular complexity index is 519. The van der Waals surface area contributed by atoms with Crippen LogP contribution < -0.4 is 5.32 Å². The van der Waals surface area contributed by atoms with Crippen LogP contribution in [0.4, 0.5) is 0 Å². The van der Waals surface area contributed by atoms with Gasteiger partial charge in [-0.1, -0.05) is 17.7 Å². The number of aryl methyl sites for hydroxylation is 3. The van der Waals surface area contributed by atoms with E-state index in [1.807, 2.05) is 13.8 Å². The van der Waals surface area contributed by atoms with E-state index < -0.39 is 0 Å². The number of carbonyl (C=O) groups is 1. The Morgan fingerprint density at radius 2 is 1.96 bits per heavy atom. The number of aliphatic hydroxyl groups excluding tert-OH is 1. The molecule has 2 rings (SSSR count). The molecule has 0 spiro atoms. The van der Waals surface area contributed by atoms with Gasteiger partial charge in [-0.25, -0.2) is 0 Å². The van der Waals surface area contributed by atoms with Crippen LogP contribution in [-0.2, 0) is 0 Å². The number of rotatable bonds is 7. The van der Waals surface area contributed by atoms with Crippen LogP contribution in [0, 0.1) is 20.8 Å². The Kier molecular flexibility index (Phi) is 6.60. The summed E-state index contributed by atoms with van der Waals surface area (Å²) in [6.07, 6.45) is 4.33. The topological polar surface area (TPSA) is 52.6 Å². The SMILES string of the molecule is Cc1cc(C)c(C(=O)NCCCCN2CCCC2CO)c(C)c1. The van der Waals surface area contributed by atoms with Crippen molar-refractivity contribution in [1.82, 2.24) is 10.2 Å². The van der Waals surface area contributed by atoms with Crippen molar-refractivity contribution in [3.8, 4) is 0 Å². The molecule has 4 heteroatoms. The van der Waals surface area contributed by atoms with Gasteiger partial charge in [-0.05, 0) is 70.7 Å². The molecule has 1 heterocycles. The second-order valence-corrected chi connectivity index (χ2v) is 6.75. The molecule has 23 heavy (non-hydrogen) atoms. The minimum atomic E-state index is 0.0365. The van der Waals surface area contributed by atoms with Crippen LogP contribution in [-0.4, -0.2) is 48.2 Å². The van der Waals surface area contributed by atoms with E-state index in [0.29, 0.717) is 12.6 Å². The first-order valence-corrected chi connectivity index (χ1v) is 8.74. The molecule has 1 fully saturated rings. The van der Waals surface area contributed by atoms with Crippen LogP contribution in [0.3, 0.4) is 0 Å². The lowest BCUT2D eigenvalue weighted by Crippen LogP contribution is -2.33. The Morgan fingerprint density at radius 3 is 2.61 bits per heavy atom. The maximum Gasteiger partial charge on any atom is 0.251 e. The Hall–Kier alpha value is -1.39. The fraction of sp³-hybridized carbons (Fsp3) is 0.632. The molecule has 4 nitrogen and oxygen atoms in total. The number of aliphatic hydroxyl groups is 1. The number of nitrogens with zero attached hydrogens (tertiary/aromatic N) is 1. The van der Waals surface area contributed by atoms with Gasteiger partial charge in [0.1, 0.15) is 0 Å². The van der Waals surface area contributed by atoms with Gasteiger partial charge in [0.05, 0.1) is 6.61 Å². The molecule has 1 aliphatic heterocycles. The smallest absolute Gasteiger partial charge is 0.251 e. The number of unbranched alkanes of at least 4 members (excludes halogenated alkanes) is 1. The molecule has 1 atom stereocenters. The monoisotopic (exact) mass is 318 g/mol. The summed E-state index contributed by atoms with van der Waals surface area (Å²) < 4.78 is 0. The average Bonchev–Trinajstić information content (AvgIpc) is 2.93. The van der Waals surface area contributed by atoms with Crippen LogP contribution >= 0.6 is 0 Å². The van der Waals surface area contributed by atoms with Crippen molar-refractivity contribution in [1.29, 1.82) is 0 Å². The largest absolute Gasteiger partial charge is 0.395 e. The molecule has 1 saturated heterocycles. The molecule has 1 aromatic carbocycles. The molecule has 0 radical (unpaired) electrons. The number of hydrogen-bond acceptors (Lipinski definition) is 3. The first-order chi connectivity index (χ1) is 11.0. The normalized spacial score (nSPS) is 18.3. The summed E-state index contributed by atoms with van der Waals surface area (Å²) >= 11 is 0. The quantitative estimate of drug-likeness (QED) is 0.760. The summed E-state index contributed by atoms with van der Waals surface area (Å²) in [6.45, 7) is 9.14. The molecular formula is C19H30N2O2. The second-order valence-electron chi connectivity index (χ2n) is 6.75. The van der Waals surface area contributed by atoms with Crippen LogP contribution in [0.25, 0.3) is 0 Å². The van der Waals surface area contributed by atoms with Gasteiger partial charge in [0, 0.05) is 18.2 Å². The van der Waals surface area contributed by atoms with Gasteiger partial charge in [0.25, 0.3) is 5.91 Å². The lowest BCUT2D eigenvalue weighted by atomic mass is 9.99. The van der Waals surface area contributed by atoms with Crippen molar-refractivity contribution in [2.75, 3.05) is 26.2 Å².